The standard InChI is InChI=1S/C40H48Cl2N6O2/c41-36-17-13-34(14-18-36)38(32-9-3-1-4-10-32)45-23-25-47(26-24-45)40(49)44-22-8-7-21-43-31-50-48-29-27-46(28-30-48)39(33-11-5-2-6-12-33)35-15-19-37(42)20-16-35/h1-6,9-20,38-39,43H,7-8,21-31H2,(H,44,49). The molecule has 50 heavy (non-hydrogen) atoms. The average molecular weight is 716 g/mol. The van der Waals surface area contributed by atoms with Crippen LogP contribution >= 0.6 is 23.2 Å². The maximum Gasteiger partial charge on any atom is 0.317 e. The number of unbranched alkanes of at least 4 members (excludes halogenated alkanes) is 1. The van der Waals surface area contributed by atoms with Gasteiger partial charge in [-0.15, -0.1) is 0 Å². The summed E-state index contributed by atoms with van der Waals surface area (Å²) in [5.41, 5.74) is 4.99. The van der Waals surface area contributed by atoms with E-state index in [1.54, 1.807) is 0 Å². The number of nitrogens with zero attached hydrogens (tertiary/aromatic N) is 4. The summed E-state index contributed by atoms with van der Waals surface area (Å²) in [6, 6.07) is 37.9. The van der Waals surface area contributed by atoms with E-state index in [0.29, 0.717) is 26.4 Å². The summed E-state index contributed by atoms with van der Waals surface area (Å²) in [5.74, 6) is 0. The monoisotopic (exact) mass is 714 g/mol. The van der Waals surface area contributed by atoms with Crippen molar-refractivity contribution in [2.75, 3.05) is 72.2 Å². The molecule has 2 fully saturated rings. The Hall–Kier alpha value is -3.47. The highest BCUT2D eigenvalue weighted by Crippen LogP contribution is 2.32. The summed E-state index contributed by atoms with van der Waals surface area (Å²) >= 11 is 12.4. The van der Waals surface area contributed by atoms with Crippen molar-refractivity contribution in [1.82, 2.24) is 30.4 Å². The fourth-order valence-electron chi connectivity index (χ4n) is 6.95. The molecule has 2 saturated heterocycles. The summed E-state index contributed by atoms with van der Waals surface area (Å²) in [6.45, 7) is 8.50. The second kappa shape index (κ2) is 18.7. The quantitative estimate of drug-likeness (QED) is 0.108. The number of urea groups is 1. The number of nitrogens with one attached hydrogen (secondary N) is 2. The van der Waals surface area contributed by atoms with Gasteiger partial charge in [-0.2, -0.15) is 5.06 Å². The lowest BCUT2D eigenvalue weighted by molar-refractivity contribution is -0.183. The van der Waals surface area contributed by atoms with Crippen molar-refractivity contribution in [1.29, 1.82) is 0 Å². The number of hydrogen-bond donors (Lipinski definition) is 2. The SMILES string of the molecule is O=C(NCCCCNCON1CCN(C(c2ccccc2)c2ccc(Cl)cc2)CC1)N1CCN(C(c2ccccc2)c2ccc(Cl)cc2)CC1. The van der Waals surface area contributed by atoms with Crippen molar-refractivity contribution >= 4 is 29.2 Å². The van der Waals surface area contributed by atoms with Crippen LogP contribution in [0.2, 0.25) is 10.0 Å². The molecule has 6 rings (SSSR count). The molecule has 4 aromatic rings. The van der Waals surface area contributed by atoms with Crippen LogP contribution in [0, 0.1) is 0 Å². The Kier molecular flexibility index (Phi) is 13.6. The molecule has 0 radical (unpaired) electrons. The van der Waals surface area contributed by atoms with Crippen LogP contribution in [0.15, 0.2) is 109 Å². The number of hydrogen-bond acceptors (Lipinski definition) is 6. The van der Waals surface area contributed by atoms with Crippen molar-refractivity contribution in [3.63, 3.8) is 0 Å². The third kappa shape index (κ3) is 10.1. The van der Waals surface area contributed by atoms with Crippen LogP contribution in [0.3, 0.4) is 0 Å². The van der Waals surface area contributed by atoms with E-state index < -0.39 is 0 Å². The number of carbonyl (C=O) groups excluding carboxylic acids is 1. The first-order valence-electron chi connectivity index (χ1n) is 17.8. The van der Waals surface area contributed by atoms with Gasteiger partial charge >= 0.3 is 6.03 Å². The number of amides is 2. The first kappa shape index (κ1) is 36.3. The maximum atomic E-state index is 12.9. The number of rotatable bonds is 14. The second-order valence-corrected chi connectivity index (χ2v) is 13.8. The first-order valence-corrected chi connectivity index (χ1v) is 18.5. The van der Waals surface area contributed by atoms with E-state index in [-0.39, 0.29) is 18.1 Å². The minimum atomic E-state index is 0.0217. The van der Waals surface area contributed by atoms with Gasteiger partial charge in [-0.05, 0) is 65.9 Å². The summed E-state index contributed by atoms with van der Waals surface area (Å²) in [6.07, 6.45) is 1.88. The summed E-state index contributed by atoms with van der Waals surface area (Å²) < 4.78 is 0. The number of benzene rings is 4. The van der Waals surface area contributed by atoms with Crippen molar-refractivity contribution < 1.29 is 9.63 Å². The molecule has 4 aromatic carbocycles. The van der Waals surface area contributed by atoms with Gasteiger partial charge in [0.05, 0.1) is 12.1 Å². The van der Waals surface area contributed by atoms with Crippen LogP contribution in [0.25, 0.3) is 0 Å². The molecule has 0 bridgehead atoms. The van der Waals surface area contributed by atoms with Crippen molar-refractivity contribution in [2.45, 2.75) is 24.9 Å². The molecule has 0 saturated carbocycles. The minimum Gasteiger partial charge on any atom is -0.338 e. The fraction of sp³-hybridized carbons (Fsp3) is 0.375. The minimum absolute atomic E-state index is 0.0217. The van der Waals surface area contributed by atoms with E-state index in [2.05, 4.69) is 104 Å². The van der Waals surface area contributed by atoms with Crippen LogP contribution in [0.4, 0.5) is 4.79 Å². The molecular weight excluding hydrogens is 667 g/mol. The van der Waals surface area contributed by atoms with Crippen LogP contribution in [-0.4, -0.2) is 98.0 Å². The van der Waals surface area contributed by atoms with Gasteiger partial charge in [0.1, 0.15) is 6.73 Å². The van der Waals surface area contributed by atoms with Gasteiger partial charge in [-0.3, -0.25) is 20.0 Å². The van der Waals surface area contributed by atoms with E-state index in [9.17, 15) is 4.79 Å². The van der Waals surface area contributed by atoms with Gasteiger partial charge in [0.15, 0.2) is 0 Å². The Morgan fingerprint density at radius 2 is 1.02 bits per heavy atom. The van der Waals surface area contributed by atoms with Crippen LogP contribution in [0.1, 0.15) is 47.2 Å². The zero-order chi connectivity index (χ0) is 34.5. The second-order valence-electron chi connectivity index (χ2n) is 12.9. The average Bonchev–Trinajstić information content (AvgIpc) is 3.16. The van der Waals surface area contributed by atoms with E-state index in [4.69, 9.17) is 28.0 Å². The van der Waals surface area contributed by atoms with Crippen LogP contribution < -0.4 is 10.6 Å². The molecule has 0 spiro atoms. The predicted molar refractivity (Wildman–Crippen MR) is 202 cm³/mol. The van der Waals surface area contributed by atoms with Crippen molar-refractivity contribution in [2.24, 2.45) is 0 Å². The third-order valence-corrected chi connectivity index (χ3v) is 10.1. The van der Waals surface area contributed by atoms with E-state index in [0.717, 1.165) is 68.7 Å². The molecule has 2 aliphatic rings. The molecule has 0 aromatic heterocycles. The van der Waals surface area contributed by atoms with Crippen molar-refractivity contribution in [3.8, 4) is 0 Å². The molecule has 0 aliphatic carbocycles. The van der Waals surface area contributed by atoms with Crippen molar-refractivity contribution in [3.05, 3.63) is 141 Å². The molecular formula is C40H48Cl2N6O2. The summed E-state index contributed by atoms with van der Waals surface area (Å²) in [4.78, 5) is 25.9. The highest BCUT2D eigenvalue weighted by atomic mass is 35.5. The normalized spacial score (nSPS) is 17.4. The molecule has 2 heterocycles. The molecule has 2 amide bonds. The Morgan fingerprint density at radius 1 is 0.580 bits per heavy atom. The van der Waals surface area contributed by atoms with E-state index >= 15 is 0 Å². The van der Waals surface area contributed by atoms with Gasteiger partial charge in [-0.25, -0.2) is 4.79 Å². The van der Waals surface area contributed by atoms with Crippen LogP contribution in [-0.2, 0) is 4.84 Å². The number of carbonyl (C=O) groups is 1. The van der Waals surface area contributed by atoms with Gasteiger partial charge in [-0.1, -0.05) is 108 Å². The Morgan fingerprint density at radius 3 is 1.52 bits per heavy atom. The fourth-order valence-corrected chi connectivity index (χ4v) is 7.21. The van der Waals surface area contributed by atoms with E-state index in [1.165, 1.54) is 22.3 Å². The summed E-state index contributed by atoms with van der Waals surface area (Å²) in [7, 11) is 0. The Labute approximate surface area is 306 Å². The lowest BCUT2D eigenvalue weighted by atomic mass is 9.96. The first-order chi connectivity index (χ1) is 24.5. The molecule has 2 atom stereocenters. The smallest absolute Gasteiger partial charge is 0.317 e. The van der Waals surface area contributed by atoms with Gasteiger partial charge < -0.3 is 10.2 Å². The molecule has 2 aliphatic heterocycles. The lowest BCUT2D eigenvalue weighted by Gasteiger charge is -2.39. The Bertz CT molecular complexity index is 1580. The number of halogens is 2. The van der Waals surface area contributed by atoms with Crippen LogP contribution in [0.5, 0.6) is 0 Å². The maximum absolute atomic E-state index is 12.9. The highest BCUT2D eigenvalue weighted by Gasteiger charge is 2.29. The topological polar surface area (TPSA) is 63.3 Å². The van der Waals surface area contributed by atoms with E-state index in [1.807, 2.05) is 35.2 Å². The largest absolute Gasteiger partial charge is 0.338 e. The Balaban J connectivity index is 0.849. The zero-order valence-electron chi connectivity index (χ0n) is 28.6. The number of hydroxylamine groups is 2. The molecule has 264 valence electrons. The molecule has 8 nitrogen and oxygen atoms in total. The highest BCUT2D eigenvalue weighted by molar-refractivity contribution is 6.30. The predicted octanol–water partition coefficient (Wildman–Crippen LogP) is 7.08. The van der Waals surface area contributed by atoms with Gasteiger partial charge in [0, 0.05) is 68.9 Å². The summed E-state index contributed by atoms with van der Waals surface area (Å²) in [5, 5.41) is 10.1. The number of piperazine rings is 2. The zero-order valence-corrected chi connectivity index (χ0v) is 30.1. The lowest BCUT2D eigenvalue weighted by Crippen LogP contribution is -2.52. The molecule has 10 heteroatoms. The third-order valence-electron chi connectivity index (χ3n) is 9.61. The molecule has 2 N–H and O–H groups in total. The molecule has 2 unspecified atom stereocenters. The van der Waals surface area contributed by atoms with Gasteiger partial charge in [0.25, 0.3) is 0 Å². The van der Waals surface area contributed by atoms with Gasteiger partial charge in [0.2, 0.25) is 0 Å².